The van der Waals surface area contributed by atoms with E-state index in [2.05, 4.69) is 0 Å². The predicted octanol–water partition coefficient (Wildman–Crippen LogP) is -3.84. The fraction of sp³-hybridized carbons (Fsp3) is 0. The smallest absolute Gasteiger partial charge is 1.00 e. The normalized spacial score (nSPS) is 11.8. The second-order valence-electron chi connectivity index (χ2n) is 0.447. The molecule has 32 valence electrons. The Hall–Kier alpha value is 0.238. The van der Waals surface area contributed by atoms with E-state index in [-0.39, 0.29) is 2.85 Å². The van der Waals surface area contributed by atoms with Crippen molar-refractivity contribution in [2.45, 2.75) is 0 Å². The van der Waals surface area contributed by atoms with Gasteiger partial charge >= 0.3 is 33.4 Å². The van der Waals surface area contributed by atoms with Gasteiger partial charge in [0.25, 0.3) is 0 Å². The fourth-order valence-corrected chi connectivity index (χ4v) is 0. The van der Waals surface area contributed by atoms with Crippen LogP contribution in [0.4, 0.5) is 0 Å². The molecular weight excluding hydrogens is 139 g/mol. The zero-order valence-corrected chi connectivity index (χ0v) is 3.96. The molecule has 0 fully saturated rings. The first-order chi connectivity index (χ1) is 2.00. The van der Waals surface area contributed by atoms with Crippen molar-refractivity contribution < 1.29 is 18.9 Å². The van der Waals surface area contributed by atoms with Crippen LogP contribution in [-0.2, 0) is 3.74 Å². The average molecular weight is 141 g/mol. The van der Waals surface area contributed by atoms with E-state index in [1.165, 1.54) is 0 Å². The largest absolute Gasteiger partial charge is 1.00 e. The third-order valence-electron chi connectivity index (χ3n) is 0. The molecule has 0 saturated carbocycles. The van der Waals surface area contributed by atoms with Gasteiger partial charge in [0, 0.05) is 0 Å². The third-order valence-corrected chi connectivity index (χ3v) is 0. The van der Waals surface area contributed by atoms with Gasteiger partial charge in [-0.25, -0.2) is 0 Å². The van der Waals surface area contributed by atoms with Crippen LogP contribution >= 0.6 is 0 Å². The molecule has 0 aliphatic rings. The minimum absolute atomic E-state index is 0. The molecule has 0 N–H and O–H groups in total. The quantitative estimate of drug-likeness (QED) is 0.323. The van der Waals surface area contributed by atoms with E-state index >= 15 is 0 Å². The van der Waals surface area contributed by atoms with Gasteiger partial charge in [-0.1, -0.05) is 0 Å². The zero-order chi connectivity index (χ0) is 4.50. The van der Waals surface area contributed by atoms with Crippen LogP contribution in [-0.4, -0.2) is 14.5 Å². The fourth-order valence-electron chi connectivity index (χ4n) is 0. The Morgan fingerprint density at radius 2 is 1.40 bits per heavy atom. The average Bonchev–Trinajstić information content (AvgIpc) is 0.722. The maximum atomic E-state index is 8.61. The Labute approximate surface area is 34.4 Å². The molecule has 0 aromatic carbocycles. The van der Waals surface area contributed by atoms with Crippen molar-refractivity contribution in [2.75, 3.05) is 0 Å². The van der Waals surface area contributed by atoms with Crippen LogP contribution in [0.2, 0.25) is 0 Å². The van der Waals surface area contributed by atoms with Crippen LogP contribution in [0, 0.1) is 0 Å². The van der Waals surface area contributed by atoms with Gasteiger partial charge in [0.15, 0.2) is 0 Å². The Balaban J connectivity index is -0.0000000800. The summed E-state index contributed by atoms with van der Waals surface area (Å²) in [7, 11) is 0. The second kappa shape index (κ2) is 1.14. The van der Waals surface area contributed by atoms with Crippen LogP contribution < -0.4 is 12.3 Å². The number of hydrogen-bond donors (Lipinski definition) is 0. The zero-order valence-electron chi connectivity index (χ0n) is 4.08. The van der Waals surface area contributed by atoms with Crippen molar-refractivity contribution in [1.29, 1.82) is 0 Å². The van der Waals surface area contributed by atoms with Crippen LogP contribution in [0.25, 0.3) is 0 Å². The van der Waals surface area contributed by atoms with Gasteiger partial charge in [-0.2, -0.15) is 0 Å². The van der Waals surface area contributed by atoms with Gasteiger partial charge in [-0.3, -0.25) is 0 Å². The van der Waals surface area contributed by atoms with Crippen LogP contribution in [0.1, 0.15) is 2.85 Å². The van der Waals surface area contributed by atoms with Gasteiger partial charge in [0.1, 0.15) is 0 Å². The van der Waals surface area contributed by atoms with Crippen molar-refractivity contribution in [3.8, 4) is 0 Å². The van der Waals surface area contributed by atoms with Gasteiger partial charge < -0.3 is 0 Å². The summed E-state index contributed by atoms with van der Waals surface area (Å²) >= 11 is -5.88. The molecule has 0 aliphatic heterocycles. The molecule has 4 nitrogen and oxygen atoms in total. The molecule has 0 aromatic rings. The van der Waals surface area contributed by atoms with E-state index in [1.54, 1.807) is 0 Å². The van der Waals surface area contributed by atoms with Crippen LogP contribution in [0.15, 0.2) is 0 Å². The van der Waals surface area contributed by atoms with Gasteiger partial charge in [0.05, 0.1) is 0 Å². The van der Waals surface area contributed by atoms with Crippen molar-refractivity contribution in [1.82, 2.24) is 0 Å². The van der Waals surface area contributed by atoms with E-state index < -0.39 is 14.5 Å². The first-order valence-corrected chi connectivity index (χ1v) is 3.79. The standard InChI is InChI=1S/AsH3O4/c2-1(3,4)5/h(H3,2,3,4,5)/p-1. The Morgan fingerprint density at radius 3 is 1.40 bits per heavy atom. The summed E-state index contributed by atoms with van der Waals surface area (Å²) in [5, 5.41) is 0. The van der Waals surface area contributed by atoms with Crippen molar-refractivity contribution in [2.24, 2.45) is 0 Å². The second-order valence-corrected chi connectivity index (χ2v) is 2.32. The molecule has 0 aromatic heterocycles. The summed E-state index contributed by atoms with van der Waals surface area (Å²) in [5.41, 5.74) is 0. The third kappa shape index (κ3) is 374. The summed E-state index contributed by atoms with van der Waals surface area (Å²) in [5.74, 6) is 0. The van der Waals surface area contributed by atoms with Crippen LogP contribution in [0.3, 0.4) is 0 Å². The minimum Gasteiger partial charge on any atom is 1.00 e. The summed E-state index contributed by atoms with van der Waals surface area (Å²) in [4.78, 5) is 0. The van der Waals surface area contributed by atoms with Crippen molar-refractivity contribution in [3.05, 3.63) is 0 Å². The first-order valence-electron chi connectivity index (χ1n) is 0.730. The van der Waals surface area contributed by atoms with Gasteiger partial charge in [-0.15, -0.1) is 0 Å². The molecule has 0 atom stereocenters. The maximum Gasteiger partial charge on any atom is 1.00 e. The maximum absolute atomic E-state index is 8.61. The number of rotatable bonds is 0. The molecule has 0 unspecified atom stereocenters. The first kappa shape index (κ1) is 5.24. The molecule has 0 aliphatic carbocycles. The topological polar surface area (TPSA) is 86.2 Å². The SMILES string of the molecule is O=[As]([O-])([O-])[O-].[H+].[H+]. The monoisotopic (exact) mass is 141 g/mol. The van der Waals surface area contributed by atoms with Crippen molar-refractivity contribution >= 4 is 14.5 Å². The molecule has 0 rings (SSSR count). The Morgan fingerprint density at radius 1 is 1.40 bits per heavy atom. The summed E-state index contributed by atoms with van der Waals surface area (Å²) in [6, 6.07) is 0. The van der Waals surface area contributed by atoms with Gasteiger partial charge in [0.2, 0.25) is 0 Å². The Kier molecular flexibility index (Phi) is 1.20. The van der Waals surface area contributed by atoms with E-state index in [9.17, 15) is 0 Å². The molecule has 5 heteroatoms. The van der Waals surface area contributed by atoms with E-state index in [4.69, 9.17) is 16.0 Å². The molecule has 0 radical (unpaired) electrons. The summed E-state index contributed by atoms with van der Waals surface area (Å²) in [6.07, 6.45) is 0. The summed E-state index contributed by atoms with van der Waals surface area (Å²) < 4.78 is 34.4. The van der Waals surface area contributed by atoms with E-state index in [0.717, 1.165) is 0 Å². The molecule has 5 heavy (non-hydrogen) atoms. The molecule has 0 heterocycles. The van der Waals surface area contributed by atoms with Gasteiger partial charge in [-0.05, 0) is 0 Å². The minimum atomic E-state index is -5.88. The molecule has 0 bridgehead atoms. The molecular formula is H2AsO4-. The van der Waals surface area contributed by atoms with Crippen molar-refractivity contribution in [3.63, 3.8) is 0 Å². The molecule has 0 spiro atoms. The number of hydrogen-bond acceptors (Lipinski definition) is 4. The molecule has 0 saturated heterocycles. The Bertz CT molecular complexity index is 55.8. The molecule has 0 amide bonds. The summed E-state index contributed by atoms with van der Waals surface area (Å²) in [6.45, 7) is 0. The van der Waals surface area contributed by atoms with E-state index in [0.29, 0.717) is 0 Å². The predicted molar refractivity (Wildman–Crippen MR) is 8.66 cm³/mol. The van der Waals surface area contributed by atoms with E-state index in [1.807, 2.05) is 0 Å². The van der Waals surface area contributed by atoms with Crippen LogP contribution in [0.5, 0.6) is 0 Å².